The predicted octanol–water partition coefficient (Wildman–Crippen LogP) is 2.84. The van der Waals surface area contributed by atoms with E-state index in [1.54, 1.807) is 21.6 Å². The molecule has 0 atom stereocenters. The summed E-state index contributed by atoms with van der Waals surface area (Å²) in [6.07, 6.45) is 4.08. The van der Waals surface area contributed by atoms with Gasteiger partial charge in [0.2, 0.25) is 0 Å². The zero-order chi connectivity index (χ0) is 11.2. The van der Waals surface area contributed by atoms with E-state index < -0.39 is 0 Å². The lowest BCUT2D eigenvalue weighted by Crippen LogP contribution is -1.99. The summed E-state index contributed by atoms with van der Waals surface area (Å²) < 4.78 is 1.88. The van der Waals surface area contributed by atoms with E-state index in [2.05, 4.69) is 28.7 Å². The summed E-state index contributed by atoms with van der Waals surface area (Å²) in [5.41, 5.74) is 2.28. The number of hydrogen-bond donors (Lipinski definition) is 0. The molecule has 16 heavy (non-hydrogen) atoms. The molecule has 0 unspecified atom stereocenters. The quantitative estimate of drug-likeness (QED) is 0.765. The summed E-state index contributed by atoms with van der Waals surface area (Å²) in [6.45, 7) is 0.789. The van der Waals surface area contributed by atoms with Crippen LogP contribution in [0.4, 0.5) is 0 Å². The van der Waals surface area contributed by atoms with Gasteiger partial charge in [0.15, 0.2) is 0 Å². The molecular weight excluding hydrogens is 238 g/mol. The molecule has 0 aliphatic heterocycles. The molecule has 3 nitrogen and oxygen atoms in total. The molecule has 1 aromatic carbocycles. The largest absolute Gasteiger partial charge is 0.248 e. The molecule has 2 aromatic rings. The summed E-state index contributed by atoms with van der Waals surface area (Å²) in [4.78, 5) is 0. The number of rotatable bonds is 5. The van der Waals surface area contributed by atoms with Crippen molar-refractivity contribution in [2.24, 2.45) is 0 Å². The van der Waals surface area contributed by atoms with E-state index in [4.69, 9.17) is 0 Å². The van der Waals surface area contributed by atoms with Gasteiger partial charge in [-0.2, -0.15) is 0 Å². The Labute approximate surface area is 103 Å². The smallest absolute Gasteiger partial charge is 0.0934 e. The third kappa shape index (κ3) is 3.28. The van der Waals surface area contributed by atoms with Crippen molar-refractivity contribution in [3.8, 4) is 0 Å². The van der Waals surface area contributed by atoms with Crippen LogP contribution in [-0.4, -0.2) is 21.2 Å². The molecule has 0 fully saturated rings. The van der Waals surface area contributed by atoms with E-state index >= 15 is 0 Å². The van der Waals surface area contributed by atoms with Crippen molar-refractivity contribution in [2.75, 3.05) is 6.26 Å². The maximum absolute atomic E-state index is 4.13. The van der Waals surface area contributed by atoms with Crippen LogP contribution >= 0.6 is 21.6 Å². The van der Waals surface area contributed by atoms with E-state index in [0.717, 1.165) is 18.0 Å². The molecule has 0 amide bonds. The van der Waals surface area contributed by atoms with Gasteiger partial charge in [0, 0.05) is 11.9 Å². The zero-order valence-corrected chi connectivity index (χ0v) is 10.7. The molecule has 0 aliphatic rings. The molecule has 0 saturated carbocycles. The molecule has 5 heteroatoms. The Hall–Kier alpha value is -0.940. The monoisotopic (exact) mass is 251 g/mol. The fourth-order valence-corrected chi connectivity index (χ4v) is 2.46. The lowest BCUT2D eigenvalue weighted by molar-refractivity contribution is 0.649. The second kappa shape index (κ2) is 5.96. The highest BCUT2D eigenvalue weighted by atomic mass is 33.1. The van der Waals surface area contributed by atoms with Crippen molar-refractivity contribution < 1.29 is 0 Å². The van der Waals surface area contributed by atoms with Gasteiger partial charge in [-0.05, 0) is 11.8 Å². The fraction of sp³-hybridized carbons (Fsp3) is 0.273. The van der Waals surface area contributed by atoms with E-state index in [-0.39, 0.29) is 0 Å². The van der Waals surface area contributed by atoms with Crippen LogP contribution in [0.25, 0.3) is 0 Å². The first kappa shape index (κ1) is 11.5. The number of benzene rings is 1. The van der Waals surface area contributed by atoms with Crippen molar-refractivity contribution in [3.05, 3.63) is 47.8 Å². The van der Waals surface area contributed by atoms with Crippen molar-refractivity contribution in [1.82, 2.24) is 15.0 Å². The van der Waals surface area contributed by atoms with Crippen LogP contribution in [0.15, 0.2) is 36.5 Å². The topological polar surface area (TPSA) is 30.7 Å². The zero-order valence-electron chi connectivity index (χ0n) is 9.04. The maximum Gasteiger partial charge on any atom is 0.0934 e. The summed E-state index contributed by atoms with van der Waals surface area (Å²) in [5.74, 6) is 0.913. The van der Waals surface area contributed by atoms with Crippen LogP contribution in [-0.2, 0) is 12.3 Å². The van der Waals surface area contributed by atoms with E-state index in [1.165, 1.54) is 5.56 Å². The molecule has 0 bridgehead atoms. The second-order valence-corrected chi connectivity index (χ2v) is 5.89. The van der Waals surface area contributed by atoms with Crippen molar-refractivity contribution in [2.45, 2.75) is 12.3 Å². The van der Waals surface area contributed by atoms with Crippen LogP contribution in [0, 0.1) is 0 Å². The first-order valence-corrected chi connectivity index (χ1v) is 7.70. The Morgan fingerprint density at radius 1 is 1.25 bits per heavy atom. The second-order valence-electron chi connectivity index (χ2n) is 3.32. The van der Waals surface area contributed by atoms with Crippen LogP contribution < -0.4 is 0 Å². The first-order valence-electron chi connectivity index (χ1n) is 4.97. The minimum Gasteiger partial charge on any atom is -0.248 e. The SMILES string of the molecule is CSSCc1cn(Cc2ccccc2)nn1. The summed E-state index contributed by atoms with van der Waals surface area (Å²) in [7, 11) is 3.53. The van der Waals surface area contributed by atoms with Crippen molar-refractivity contribution in [3.63, 3.8) is 0 Å². The lowest BCUT2D eigenvalue weighted by Gasteiger charge is -1.99. The van der Waals surface area contributed by atoms with Gasteiger partial charge in [-0.25, -0.2) is 4.68 Å². The molecule has 2 rings (SSSR count). The van der Waals surface area contributed by atoms with Gasteiger partial charge < -0.3 is 0 Å². The number of nitrogens with zero attached hydrogens (tertiary/aromatic N) is 3. The Bertz CT molecular complexity index is 428. The average Bonchev–Trinajstić information content (AvgIpc) is 2.75. The predicted molar refractivity (Wildman–Crippen MR) is 70.4 cm³/mol. The Kier molecular flexibility index (Phi) is 4.30. The van der Waals surface area contributed by atoms with Gasteiger partial charge in [-0.3, -0.25) is 0 Å². The van der Waals surface area contributed by atoms with Crippen LogP contribution in [0.2, 0.25) is 0 Å². The highest BCUT2D eigenvalue weighted by molar-refractivity contribution is 8.76. The minimum absolute atomic E-state index is 0.789. The third-order valence-corrected chi connectivity index (χ3v) is 3.81. The van der Waals surface area contributed by atoms with E-state index in [9.17, 15) is 0 Å². The van der Waals surface area contributed by atoms with Gasteiger partial charge in [0.05, 0.1) is 12.2 Å². The van der Waals surface area contributed by atoms with Crippen molar-refractivity contribution >= 4 is 21.6 Å². The number of aromatic nitrogens is 3. The molecule has 84 valence electrons. The molecule has 0 radical (unpaired) electrons. The highest BCUT2D eigenvalue weighted by Gasteiger charge is 2.01. The molecule has 1 aromatic heterocycles. The normalized spacial score (nSPS) is 10.6. The summed E-state index contributed by atoms with van der Waals surface area (Å²) in [6, 6.07) is 10.3. The van der Waals surface area contributed by atoms with E-state index in [0.29, 0.717) is 0 Å². The lowest BCUT2D eigenvalue weighted by atomic mass is 10.2. The van der Waals surface area contributed by atoms with Gasteiger partial charge >= 0.3 is 0 Å². The van der Waals surface area contributed by atoms with Crippen LogP contribution in [0.1, 0.15) is 11.3 Å². The maximum atomic E-state index is 4.13. The molecule has 0 aliphatic carbocycles. The van der Waals surface area contributed by atoms with Gasteiger partial charge in [0.1, 0.15) is 0 Å². The van der Waals surface area contributed by atoms with Crippen LogP contribution in [0.5, 0.6) is 0 Å². The van der Waals surface area contributed by atoms with Gasteiger partial charge in [-0.15, -0.1) is 5.10 Å². The average molecular weight is 251 g/mol. The molecule has 1 heterocycles. The van der Waals surface area contributed by atoms with Crippen molar-refractivity contribution in [1.29, 1.82) is 0 Å². The first-order chi connectivity index (χ1) is 7.88. The Morgan fingerprint density at radius 3 is 2.81 bits per heavy atom. The number of hydrogen-bond acceptors (Lipinski definition) is 4. The Morgan fingerprint density at radius 2 is 2.06 bits per heavy atom. The van der Waals surface area contributed by atoms with Crippen LogP contribution in [0.3, 0.4) is 0 Å². The molecule has 0 saturated heterocycles. The molecule has 0 N–H and O–H groups in total. The fourth-order valence-electron chi connectivity index (χ4n) is 1.37. The highest BCUT2D eigenvalue weighted by Crippen LogP contribution is 2.21. The standard InChI is InChI=1S/C11H13N3S2/c1-15-16-9-11-8-14(13-12-11)7-10-5-3-2-4-6-10/h2-6,8H,7,9H2,1H3. The minimum atomic E-state index is 0.789. The van der Waals surface area contributed by atoms with Gasteiger partial charge in [-0.1, -0.05) is 57.1 Å². The van der Waals surface area contributed by atoms with E-state index in [1.807, 2.05) is 29.1 Å². The molecule has 0 spiro atoms. The Balaban J connectivity index is 1.97. The summed E-state index contributed by atoms with van der Waals surface area (Å²) in [5, 5.41) is 8.24. The molecular formula is C11H13N3S2. The van der Waals surface area contributed by atoms with Gasteiger partial charge in [0.25, 0.3) is 0 Å². The third-order valence-electron chi connectivity index (χ3n) is 2.10. The summed E-state index contributed by atoms with van der Waals surface area (Å²) >= 11 is 0.